The van der Waals surface area contributed by atoms with Crippen molar-refractivity contribution in [1.29, 1.82) is 0 Å². The molecule has 1 N–H and O–H groups in total. The molecule has 0 heterocycles. The van der Waals surface area contributed by atoms with Crippen molar-refractivity contribution in [2.45, 2.75) is 18.2 Å². The van der Waals surface area contributed by atoms with E-state index in [-0.39, 0.29) is 4.90 Å². The van der Waals surface area contributed by atoms with Gasteiger partial charge in [0, 0.05) is 5.69 Å². The molecule has 118 valence electrons. The van der Waals surface area contributed by atoms with E-state index in [2.05, 4.69) is 4.72 Å². The standard InChI is InChI=1S/C16H19NO4S/c1-4-12-11-15(21-3)9-10-16(12)22(18,19)17-13-5-7-14(20-2)8-6-13/h5-11,17H,4H2,1-3H3. The average Bonchev–Trinajstić information content (AvgIpc) is 2.54. The second kappa shape index (κ2) is 6.70. The molecular weight excluding hydrogens is 302 g/mol. The van der Waals surface area contributed by atoms with Gasteiger partial charge in [0.25, 0.3) is 10.0 Å². The van der Waals surface area contributed by atoms with Crippen molar-refractivity contribution in [1.82, 2.24) is 0 Å². The third kappa shape index (κ3) is 3.51. The summed E-state index contributed by atoms with van der Waals surface area (Å²) in [4.78, 5) is 0.256. The summed E-state index contributed by atoms with van der Waals surface area (Å²) in [6.07, 6.45) is 0.593. The molecule has 5 nitrogen and oxygen atoms in total. The van der Waals surface area contributed by atoms with Crippen molar-refractivity contribution in [3.63, 3.8) is 0 Å². The van der Waals surface area contributed by atoms with Gasteiger partial charge in [0.2, 0.25) is 0 Å². The molecule has 0 bridgehead atoms. The molecule has 0 aliphatic carbocycles. The van der Waals surface area contributed by atoms with Crippen LogP contribution in [0.15, 0.2) is 47.4 Å². The van der Waals surface area contributed by atoms with Crippen LogP contribution in [0.2, 0.25) is 0 Å². The lowest BCUT2D eigenvalue weighted by Crippen LogP contribution is -2.15. The minimum atomic E-state index is -3.65. The van der Waals surface area contributed by atoms with Gasteiger partial charge in [0.05, 0.1) is 19.1 Å². The molecule has 2 aromatic carbocycles. The third-order valence-corrected chi connectivity index (χ3v) is 4.76. The predicted molar refractivity (Wildman–Crippen MR) is 86.2 cm³/mol. The normalized spacial score (nSPS) is 11.0. The summed E-state index contributed by atoms with van der Waals surface area (Å²) in [5.74, 6) is 1.31. The van der Waals surface area contributed by atoms with Crippen LogP contribution in [-0.2, 0) is 16.4 Å². The lowest BCUT2D eigenvalue weighted by molar-refractivity contribution is 0.414. The van der Waals surface area contributed by atoms with E-state index in [1.54, 1.807) is 56.7 Å². The van der Waals surface area contributed by atoms with Gasteiger partial charge < -0.3 is 9.47 Å². The van der Waals surface area contributed by atoms with E-state index < -0.39 is 10.0 Å². The van der Waals surface area contributed by atoms with Crippen LogP contribution in [0.25, 0.3) is 0 Å². The van der Waals surface area contributed by atoms with Crippen LogP contribution in [-0.4, -0.2) is 22.6 Å². The van der Waals surface area contributed by atoms with Crippen molar-refractivity contribution in [3.8, 4) is 11.5 Å². The van der Waals surface area contributed by atoms with E-state index in [9.17, 15) is 8.42 Å². The van der Waals surface area contributed by atoms with Crippen LogP contribution >= 0.6 is 0 Å². The summed E-state index contributed by atoms with van der Waals surface area (Å²) in [6, 6.07) is 11.7. The van der Waals surface area contributed by atoms with Gasteiger partial charge in [-0.2, -0.15) is 0 Å². The Morgan fingerprint density at radius 1 is 0.955 bits per heavy atom. The van der Waals surface area contributed by atoms with E-state index in [1.165, 1.54) is 0 Å². The first-order chi connectivity index (χ1) is 10.5. The Morgan fingerprint density at radius 3 is 2.09 bits per heavy atom. The average molecular weight is 321 g/mol. The van der Waals surface area contributed by atoms with Gasteiger partial charge in [-0.15, -0.1) is 0 Å². The van der Waals surface area contributed by atoms with E-state index in [1.807, 2.05) is 6.92 Å². The zero-order valence-corrected chi connectivity index (χ0v) is 13.6. The number of methoxy groups -OCH3 is 2. The van der Waals surface area contributed by atoms with Gasteiger partial charge >= 0.3 is 0 Å². The Labute approximate surface area is 130 Å². The van der Waals surface area contributed by atoms with Gasteiger partial charge in [-0.25, -0.2) is 8.42 Å². The maximum absolute atomic E-state index is 12.6. The number of sulfonamides is 1. The number of ether oxygens (including phenoxy) is 2. The lowest BCUT2D eigenvalue weighted by atomic mass is 10.1. The van der Waals surface area contributed by atoms with Gasteiger partial charge in [-0.05, 0) is 54.4 Å². The Morgan fingerprint density at radius 2 is 1.55 bits per heavy atom. The molecule has 0 unspecified atom stereocenters. The fraction of sp³-hybridized carbons (Fsp3) is 0.250. The van der Waals surface area contributed by atoms with E-state index in [0.717, 1.165) is 0 Å². The van der Waals surface area contributed by atoms with E-state index >= 15 is 0 Å². The van der Waals surface area contributed by atoms with Crippen LogP contribution in [0, 0.1) is 0 Å². The molecule has 0 radical (unpaired) electrons. The smallest absolute Gasteiger partial charge is 0.262 e. The number of anilines is 1. The van der Waals surface area contributed by atoms with Crippen molar-refractivity contribution in [2.75, 3.05) is 18.9 Å². The summed E-state index contributed by atoms with van der Waals surface area (Å²) in [5, 5.41) is 0. The molecule has 0 atom stereocenters. The topological polar surface area (TPSA) is 64.6 Å². The summed E-state index contributed by atoms with van der Waals surface area (Å²) < 4.78 is 37.9. The lowest BCUT2D eigenvalue weighted by Gasteiger charge is -2.13. The fourth-order valence-electron chi connectivity index (χ4n) is 2.09. The number of hydrogen-bond acceptors (Lipinski definition) is 4. The maximum atomic E-state index is 12.6. The number of rotatable bonds is 6. The van der Waals surface area contributed by atoms with Crippen molar-refractivity contribution >= 4 is 15.7 Å². The molecule has 0 aliphatic rings. The van der Waals surface area contributed by atoms with Gasteiger partial charge in [-0.3, -0.25) is 4.72 Å². The first kappa shape index (κ1) is 16.2. The SMILES string of the molecule is CCc1cc(OC)ccc1S(=O)(=O)Nc1ccc(OC)cc1. The number of aryl methyl sites for hydroxylation is 1. The van der Waals surface area contributed by atoms with E-state index in [0.29, 0.717) is 29.2 Å². The molecule has 0 aromatic heterocycles. The highest BCUT2D eigenvalue weighted by atomic mass is 32.2. The second-order valence-electron chi connectivity index (χ2n) is 4.66. The molecule has 2 rings (SSSR count). The minimum absolute atomic E-state index is 0.256. The van der Waals surface area contributed by atoms with Crippen molar-refractivity contribution in [3.05, 3.63) is 48.0 Å². The summed E-state index contributed by atoms with van der Waals surface area (Å²) in [6.45, 7) is 1.90. The molecule has 0 fully saturated rings. The minimum Gasteiger partial charge on any atom is -0.497 e. The molecule has 0 amide bonds. The Bertz CT molecular complexity index is 739. The molecule has 0 saturated heterocycles. The van der Waals surface area contributed by atoms with Crippen molar-refractivity contribution < 1.29 is 17.9 Å². The summed E-state index contributed by atoms with van der Waals surface area (Å²) in [5.41, 5.74) is 1.19. The monoisotopic (exact) mass is 321 g/mol. The van der Waals surface area contributed by atoms with Crippen LogP contribution in [0.1, 0.15) is 12.5 Å². The quantitative estimate of drug-likeness (QED) is 0.888. The fourth-order valence-corrected chi connectivity index (χ4v) is 3.44. The Hall–Kier alpha value is -2.21. The largest absolute Gasteiger partial charge is 0.497 e. The van der Waals surface area contributed by atoms with Crippen LogP contribution < -0.4 is 14.2 Å². The molecule has 0 aliphatic heterocycles. The zero-order chi connectivity index (χ0) is 16.2. The summed E-state index contributed by atoms with van der Waals surface area (Å²) in [7, 11) is -0.533. The molecular formula is C16H19NO4S. The van der Waals surface area contributed by atoms with Crippen LogP contribution in [0.4, 0.5) is 5.69 Å². The Balaban J connectivity index is 2.33. The highest BCUT2D eigenvalue weighted by molar-refractivity contribution is 7.92. The molecule has 0 spiro atoms. The predicted octanol–water partition coefficient (Wildman–Crippen LogP) is 3.07. The number of hydrogen-bond donors (Lipinski definition) is 1. The highest BCUT2D eigenvalue weighted by Gasteiger charge is 2.18. The van der Waals surface area contributed by atoms with E-state index in [4.69, 9.17) is 9.47 Å². The molecule has 2 aromatic rings. The summed E-state index contributed by atoms with van der Waals surface area (Å²) >= 11 is 0. The molecule has 22 heavy (non-hydrogen) atoms. The van der Waals surface area contributed by atoms with Gasteiger partial charge in [0.1, 0.15) is 11.5 Å². The van der Waals surface area contributed by atoms with Crippen LogP contribution in [0.5, 0.6) is 11.5 Å². The number of nitrogens with one attached hydrogen (secondary N) is 1. The maximum Gasteiger partial charge on any atom is 0.262 e. The third-order valence-electron chi connectivity index (χ3n) is 3.28. The van der Waals surface area contributed by atoms with Gasteiger partial charge in [-0.1, -0.05) is 6.92 Å². The van der Waals surface area contributed by atoms with Crippen molar-refractivity contribution in [2.24, 2.45) is 0 Å². The highest BCUT2D eigenvalue weighted by Crippen LogP contribution is 2.25. The Kier molecular flexibility index (Phi) is 4.92. The second-order valence-corrected chi connectivity index (χ2v) is 6.31. The van der Waals surface area contributed by atoms with Crippen LogP contribution in [0.3, 0.4) is 0 Å². The number of benzene rings is 2. The molecule has 0 saturated carbocycles. The zero-order valence-electron chi connectivity index (χ0n) is 12.8. The van der Waals surface area contributed by atoms with Gasteiger partial charge in [0.15, 0.2) is 0 Å². The molecule has 6 heteroatoms. The first-order valence-corrected chi connectivity index (χ1v) is 8.32. The first-order valence-electron chi connectivity index (χ1n) is 6.84.